The summed E-state index contributed by atoms with van der Waals surface area (Å²) in [5, 5.41) is 2.42. The zero-order valence-corrected chi connectivity index (χ0v) is 21.8. The topological polar surface area (TPSA) is 106 Å². The molecular formula is C29H31N3O5S. The monoisotopic (exact) mass is 533 g/mol. The highest BCUT2D eigenvalue weighted by molar-refractivity contribution is 7.80. The van der Waals surface area contributed by atoms with Gasteiger partial charge < -0.3 is 14.8 Å². The second kappa shape index (κ2) is 15.8. The van der Waals surface area contributed by atoms with E-state index < -0.39 is 5.91 Å². The van der Waals surface area contributed by atoms with Crippen molar-refractivity contribution in [3.05, 3.63) is 102 Å². The van der Waals surface area contributed by atoms with Crippen LogP contribution in [0.25, 0.3) is 0 Å². The van der Waals surface area contributed by atoms with Crippen LogP contribution in [-0.2, 0) is 27.4 Å². The highest BCUT2D eigenvalue weighted by atomic mass is 32.1. The van der Waals surface area contributed by atoms with E-state index >= 15 is 0 Å². The summed E-state index contributed by atoms with van der Waals surface area (Å²) in [5.41, 5.74) is 7.57. The number of esters is 1. The minimum Gasteiger partial charge on any atom is -0.489 e. The SMILES string of the molecule is O=C(CCCC(=O)OCCCc1ccccc1)NC(=S)NNC(=O)c1ccc(OCc2ccccc2)cc1. The third-order valence-electron chi connectivity index (χ3n) is 5.41. The van der Waals surface area contributed by atoms with Crippen molar-refractivity contribution >= 4 is 35.1 Å². The third kappa shape index (κ3) is 10.8. The van der Waals surface area contributed by atoms with E-state index in [1.54, 1.807) is 24.3 Å². The van der Waals surface area contributed by atoms with Gasteiger partial charge in [0.15, 0.2) is 5.11 Å². The van der Waals surface area contributed by atoms with Gasteiger partial charge >= 0.3 is 5.97 Å². The molecule has 0 saturated heterocycles. The van der Waals surface area contributed by atoms with Gasteiger partial charge in [-0.25, -0.2) is 0 Å². The fraction of sp³-hybridized carbons (Fsp3) is 0.241. The molecule has 0 aliphatic rings. The number of ether oxygens (including phenoxy) is 2. The number of carbonyl (C=O) groups is 3. The van der Waals surface area contributed by atoms with E-state index in [-0.39, 0.29) is 29.8 Å². The molecule has 0 unspecified atom stereocenters. The van der Waals surface area contributed by atoms with Gasteiger partial charge in [-0.2, -0.15) is 0 Å². The number of amides is 2. The smallest absolute Gasteiger partial charge is 0.305 e. The molecule has 0 aliphatic carbocycles. The van der Waals surface area contributed by atoms with Gasteiger partial charge in [-0.1, -0.05) is 60.7 Å². The van der Waals surface area contributed by atoms with Crippen LogP contribution in [-0.4, -0.2) is 29.5 Å². The third-order valence-corrected chi connectivity index (χ3v) is 5.61. The number of benzene rings is 3. The standard InChI is InChI=1S/C29H31N3O5S/c33-26(14-7-15-27(34)36-20-8-13-22-9-3-1-4-10-22)30-29(38)32-31-28(35)24-16-18-25(19-17-24)37-21-23-11-5-2-6-12-23/h1-6,9-12,16-19H,7-8,13-15,20-21H2,(H,31,35)(H2,30,32,33,38). The molecule has 38 heavy (non-hydrogen) atoms. The number of hydrazine groups is 1. The van der Waals surface area contributed by atoms with E-state index in [0.717, 1.165) is 18.4 Å². The maximum atomic E-state index is 12.3. The van der Waals surface area contributed by atoms with Crippen LogP contribution in [0.1, 0.15) is 47.2 Å². The van der Waals surface area contributed by atoms with Crippen LogP contribution in [0.3, 0.4) is 0 Å². The molecule has 8 nitrogen and oxygen atoms in total. The van der Waals surface area contributed by atoms with E-state index in [0.29, 0.717) is 30.9 Å². The summed E-state index contributed by atoms with van der Waals surface area (Å²) < 4.78 is 10.9. The molecule has 9 heteroatoms. The van der Waals surface area contributed by atoms with Crippen molar-refractivity contribution < 1.29 is 23.9 Å². The summed E-state index contributed by atoms with van der Waals surface area (Å²) >= 11 is 5.04. The molecule has 0 atom stereocenters. The number of hydrogen-bond acceptors (Lipinski definition) is 6. The zero-order valence-electron chi connectivity index (χ0n) is 21.0. The summed E-state index contributed by atoms with van der Waals surface area (Å²) in [4.78, 5) is 36.2. The van der Waals surface area contributed by atoms with Crippen molar-refractivity contribution in [3.63, 3.8) is 0 Å². The molecule has 0 bridgehead atoms. The van der Waals surface area contributed by atoms with Gasteiger partial charge in [0.1, 0.15) is 12.4 Å². The average Bonchev–Trinajstić information content (AvgIpc) is 2.94. The molecule has 3 N–H and O–H groups in total. The van der Waals surface area contributed by atoms with Gasteiger partial charge in [-0.15, -0.1) is 0 Å². The molecule has 0 aliphatic heterocycles. The number of nitrogens with one attached hydrogen (secondary N) is 3. The Morgan fingerprint density at radius 1 is 0.737 bits per heavy atom. The van der Waals surface area contributed by atoms with Gasteiger partial charge in [0.2, 0.25) is 5.91 Å². The molecule has 0 fully saturated rings. The first-order valence-corrected chi connectivity index (χ1v) is 12.8. The molecule has 2 amide bonds. The largest absolute Gasteiger partial charge is 0.489 e. The van der Waals surface area contributed by atoms with Gasteiger partial charge in [0, 0.05) is 18.4 Å². The van der Waals surface area contributed by atoms with Crippen molar-refractivity contribution in [2.24, 2.45) is 0 Å². The van der Waals surface area contributed by atoms with Crippen LogP contribution in [0.4, 0.5) is 0 Å². The molecule has 198 valence electrons. The van der Waals surface area contributed by atoms with E-state index in [1.807, 2.05) is 60.7 Å². The van der Waals surface area contributed by atoms with Crippen molar-refractivity contribution in [1.82, 2.24) is 16.2 Å². The van der Waals surface area contributed by atoms with Crippen LogP contribution in [0.15, 0.2) is 84.9 Å². The molecule has 0 radical (unpaired) electrons. The lowest BCUT2D eigenvalue weighted by Gasteiger charge is -2.11. The van der Waals surface area contributed by atoms with Crippen molar-refractivity contribution in [1.29, 1.82) is 0 Å². The summed E-state index contributed by atoms with van der Waals surface area (Å²) in [5.74, 6) is -0.493. The second-order valence-electron chi connectivity index (χ2n) is 8.42. The lowest BCUT2D eigenvalue weighted by Crippen LogP contribution is -2.48. The number of hydrogen-bond donors (Lipinski definition) is 3. The molecule has 3 rings (SSSR count). The van der Waals surface area contributed by atoms with Crippen LogP contribution in [0.2, 0.25) is 0 Å². The van der Waals surface area contributed by atoms with E-state index in [9.17, 15) is 14.4 Å². The highest BCUT2D eigenvalue weighted by Gasteiger charge is 2.10. The summed E-state index contributed by atoms with van der Waals surface area (Å²) in [7, 11) is 0. The maximum absolute atomic E-state index is 12.3. The maximum Gasteiger partial charge on any atom is 0.305 e. The van der Waals surface area contributed by atoms with Crippen LogP contribution >= 0.6 is 12.2 Å². The average molecular weight is 534 g/mol. The second-order valence-corrected chi connectivity index (χ2v) is 8.83. The number of rotatable bonds is 12. The fourth-order valence-corrected chi connectivity index (χ4v) is 3.59. The molecule has 0 saturated carbocycles. The molecule has 0 spiro atoms. The van der Waals surface area contributed by atoms with Gasteiger partial charge in [0.25, 0.3) is 5.91 Å². The lowest BCUT2D eigenvalue weighted by molar-refractivity contribution is -0.143. The summed E-state index contributed by atoms with van der Waals surface area (Å²) in [6, 6.07) is 26.4. The Morgan fingerprint density at radius 2 is 1.39 bits per heavy atom. The first kappa shape index (κ1) is 28.3. The lowest BCUT2D eigenvalue weighted by atomic mass is 10.1. The number of thiocarbonyl (C=S) groups is 1. The summed E-state index contributed by atoms with van der Waals surface area (Å²) in [6.07, 6.45) is 2.15. The Labute approximate surface area is 227 Å². The van der Waals surface area contributed by atoms with Gasteiger partial charge in [0.05, 0.1) is 6.61 Å². The first-order valence-electron chi connectivity index (χ1n) is 12.4. The molecule has 3 aromatic carbocycles. The Balaban J connectivity index is 1.25. The zero-order chi connectivity index (χ0) is 27.0. The van der Waals surface area contributed by atoms with E-state index in [4.69, 9.17) is 21.7 Å². The Morgan fingerprint density at radius 3 is 2.08 bits per heavy atom. The van der Waals surface area contributed by atoms with Gasteiger partial charge in [-0.3, -0.25) is 25.2 Å². The first-order chi connectivity index (χ1) is 18.5. The Bertz CT molecular complexity index is 1190. The van der Waals surface area contributed by atoms with Crippen LogP contribution in [0, 0.1) is 0 Å². The van der Waals surface area contributed by atoms with Crippen molar-refractivity contribution in [3.8, 4) is 5.75 Å². The van der Waals surface area contributed by atoms with Gasteiger partial charge in [-0.05, 0) is 66.9 Å². The van der Waals surface area contributed by atoms with E-state index in [1.165, 1.54) is 5.56 Å². The predicted molar refractivity (Wildman–Crippen MR) is 148 cm³/mol. The normalized spacial score (nSPS) is 10.2. The molecule has 3 aromatic rings. The number of carbonyl (C=O) groups excluding carboxylic acids is 3. The Hall–Kier alpha value is -4.24. The van der Waals surface area contributed by atoms with Crippen molar-refractivity contribution in [2.75, 3.05) is 6.61 Å². The quantitative estimate of drug-likeness (QED) is 0.138. The molecular weight excluding hydrogens is 502 g/mol. The van der Waals surface area contributed by atoms with Crippen LogP contribution in [0.5, 0.6) is 5.75 Å². The fourth-order valence-electron chi connectivity index (χ4n) is 3.42. The van der Waals surface area contributed by atoms with Crippen molar-refractivity contribution in [2.45, 2.75) is 38.7 Å². The molecule has 0 aromatic heterocycles. The minimum absolute atomic E-state index is 0.0466. The minimum atomic E-state index is -0.425. The molecule has 0 heterocycles. The number of aryl methyl sites for hydroxylation is 1. The predicted octanol–water partition coefficient (Wildman–Crippen LogP) is 4.25. The highest BCUT2D eigenvalue weighted by Crippen LogP contribution is 2.14. The Kier molecular flexibility index (Phi) is 11.8. The van der Waals surface area contributed by atoms with Crippen LogP contribution < -0.4 is 20.9 Å². The van der Waals surface area contributed by atoms with E-state index in [2.05, 4.69) is 16.2 Å². The summed E-state index contributed by atoms with van der Waals surface area (Å²) in [6.45, 7) is 0.773.